The van der Waals surface area contributed by atoms with Crippen LogP contribution in [0.15, 0.2) is 18.2 Å². The van der Waals surface area contributed by atoms with Crippen molar-refractivity contribution in [3.63, 3.8) is 0 Å². The molecule has 0 saturated heterocycles. The molecule has 4 heteroatoms. The predicted molar refractivity (Wildman–Crippen MR) is 63.7 cm³/mol. The molecule has 0 radical (unpaired) electrons. The molecule has 1 heterocycles. The Morgan fingerprint density at radius 1 is 1.41 bits per heavy atom. The van der Waals surface area contributed by atoms with Crippen LogP contribution in [0.1, 0.15) is 18.4 Å². The third-order valence-electron chi connectivity index (χ3n) is 2.90. The van der Waals surface area contributed by atoms with Crippen molar-refractivity contribution >= 4 is 0 Å². The lowest BCUT2D eigenvalue weighted by atomic mass is 10.1. The van der Waals surface area contributed by atoms with Gasteiger partial charge in [-0.15, -0.1) is 0 Å². The molecule has 0 aromatic heterocycles. The van der Waals surface area contributed by atoms with Crippen LogP contribution < -0.4 is 10.1 Å². The molecule has 0 saturated carbocycles. The van der Waals surface area contributed by atoms with Gasteiger partial charge in [0.1, 0.15) is 17.7 Å². The monoisotopic (exact) mass is 239 g/mol. The van der Waals surface area contributed by atoms with E-state index >= 15 is 0 Å². The van der Waals surface area contributed by atoms with Crippen LogP contribution in [-0.2, 0) is 6.42 Å². The van der Waals surface area contributed by atoms with Gasteiger partial charge in [0, 0.05) is 25.1 Å². The van der Waals surface area contributed by atoms with Crippen LogP contribution in [0.3, 0.4) is 0 Å². The summed E-state index contributed by atoms with van der Waals surface area (Å²) in [5.41, 5.74) is 0.951. The maximum Gasteiger partial charge on any atom is 0.123 e. The standard InChI is InChI=1S/C13H18FNO2/c14-11-3-4-13-10(7-11)8-12(17-13)9-15-5-1-2-6-16/h3-4,7,12,15-16H,1-2,5-6,8-9H2. The number of aliphatic hydroxyl groups is 1. The number of ether oxygens (including phenoxy) is 1. The number of benzene rings is 1. The number of halogens is 1. The van der Waals surface area contributed by atoms with Gasteiger partial charge in [0.15, 0.2) is 0 Å². The molecule has 3 nitrogen and oxygen atoms in total. The first-order valence-corrected chi connectivity index (χ1v) is 6.06. The summed E-state index contributed by atoms with van der Waals surface area (Å²) in [5.74, 6) is 0.595. The summed E-state index contributed by atoms with van der Waals surface area (Å²) in [4.78, 5) is 0. The van der Waals surface area contributed by atoms with Crippen molar-refractivity contribution in [2.45, 2.75) is 25.4 Å². The maximum atomic E-state index is 13.0. The summed E-state index contributed by atoms with van der Waals surface area (Å²) >= 11 is 0. The Labute approximate surface area is 101 Å². The van der Waals surface area contributed by atoms with Crippen LogP contribution in [0, 0.1) is 5.82 Å². The number of fused-ring (bicyclic) bond motifs is 1. The highest BCUT2D eigenvalue weighted by atomic mass is 19.1. The summed E-state index contributed by atoms with van der Waals surface area (Å²) in [7, 11) is 0. The molecule has 1 aromatic carbocycles. The van der Waals surface area contributed by atoms with Crippen molar-refractivity contribution in [3.8, 4) is 5.75 Å². The molecule has 1 aliphatic rings. The van der Waals surface area contributed by atoms with E-state index in [1.54, 1.807) is 12.1 Å². The third-order valence-corrected chi connectivity index (χ3v) is 2.90. The van der Waals surface area contributed by atoms with Gasteiger partial charge in [-0.2, -0.15) is 0 Å². The Kier molecular flexibility index (Phi) is 4.34. The van der Waals surface area contributed by atoms with E-state index in [1.165, 1.54) is 6.07 Å². The quantitative estimate of drug-likeness (QED) is 0.739. The molecular formula is C13H18FNO2. The number of rotatable bonds is 6. The van der Waals surface area contributed by atoms with E-state index in [4.69, 9.17) is 9.84 Å². The van der Waals surface area contributed by atoms with Crippen LogP contribution in [0.4, 0.5) is 4.39 Å². The van der Waals surface area contributed by atoms with Gasteiger partial charge in [0.25, 0.3) is 0 Å². The molecule has 94 valence electrons. The number of aliphatic hydroxyl groups excluding tert-OH is 1. The second kappa shape index (κ2) is 5.98. The summed E-state index contributed by atoms with van der Waals surface area (Å²) in [6.07, 6.45) is 2.65. The highest BCUT2D eigenvalue weighted by Crippen LogP contribution is 2.28. The lowest BCUT2D eigenvalue weighted by molar-refractivity contribution is 0.226. The molecule has 0 fully saturated rings. The van der Waals surface area contributed by atoms with Gasteiger partial charge < -0.3 is 15.2 Å². The lowest BCUT2D eigenvalue weighted by Gasteiger charge is -2.11. The summed E-state index contributed by atoms with van der Waals surface area (Å²) < 4.78 is 18.7. The Bertz CT molecular complexity index is 370. The summed E-state index contributed by atoms with van der Waals surface area (Å²) in [5, 5.41) is 11.9. The fourth-order valence-electron chi connectivity index (χ4n) is 2.03. The molecule has 0 aliphatic carbocycles. The van der Waals surface area contributed by atoms with Crippen molar-refractivity contribution < 1.29 is 14.2 Å². The molecular weight excluding hydrogens is 221 g/mol. The van der Waals surface area contributed by atoms with E-state index in [9.17, 15) is 4.39 Å². The zero-order valence-corrected chi connectivity index (χ0v) is 9.79. The number of hydrogen-bond donors (Lipinski definition) is 2. The Morgan fingerprint density at radius 3 is 3.12 bits per heavy atom. The van der Waals surface area contributed by atoms with Gasteiger partial charge >= 0.3 is 0 Å². The van der Waals surface area contributed by atoms with Crippen molar-refractivity contribution in [1.29, 1.82) is 0 Å². The van der Waals surface area contributed by atoms with Crippen molar-refractivity contribution in [1.82, 2.24) is 5.32 Å². The van der Waals surface area contributed by atoms with Gasteiger partial charge in [-0.1, -0.05) is 0 Å². The average Bonchev–Trinajstić information content (AvgIpc) is 2.70. The van der Waals surface area contributed by atoms with E-state index < -0.39 is 0 Å². The van der Waals surface area contributed by atoms with Crippen LogP contribution in [0.5, 0.6) is 5.75 Å². The molecule has 1 atom stereocenters. The molecule has 17 heavy (non-hydrogen) atoms. The fourth-order valence-corrected chi connectivity index (χ4v) is 2.03. The van der Waals surface area contributed by atoms with Gasteiger partial charge in [-0.05, 0) is 37.6 Å². The Hall–Kier alpha value is -1.13. The Balaban J connectivity index is 1.73. The first kappa shape index (κ1) is 12.3. The van der Waals surface area contributed by atoms with E-state index in [1.807, 2.05) is 0 Å². The highest BCUT2D eigenvalue weighted by molar-refractivity contribution is 5.37. The largest absolute Gasteiger partial charge is 0.488 e. The summed E-state index contributed by atoms with van der Waals surface area (Å²) in [6.45, 7) is 1.89. The van der Waals surface area contributed by atoms with Crippen LogP contribution in [-0.4, -0.2) is 30.9 Å². The first-order valence-electron chi connectivity index (χ1n) is 6.06. The zero-order chi connectivity index (χ0) is 12.1. The highest BCUT2D eigenvalue weighted by Gasteiger charge is 2.22. The second-order valence-corrected chi connectivity index (χ2v) is 4.33. The summed E-state index contributed by atoms with van der Waals surface area (Å²) in [6, 6.07) is 4.66. The van der Waals surface area contributed by atoms with Crippen molar-refractivity contribution in [2.75, 3.05) is 19.7 Å². The zero-order valence-electron chi connectivity index (χ0n) is 9.79. The Morgan fingerprint density at radius 2 is 2.29 bits per heavy atom. The fraction of sp³-hybridized carbons (Fsp3) is 0.538. The molecule has 2 rings (SSSR count). The molecule has 1 aliphatic heterocycles. The van der Waals surface area contributed by atoms with E-state index in [-0.39, 0.29) is 18.5 Å². The minimum Gasteiger partial charge on any atom is -0.488 e. The van der Waals surface area contributed by atoms with Crippen LogP contribution >= 0.6 is 0 Å². The van der Waals surface area contributed by atoms with E-state index in [0.717, 1.165) is 43.7 Å². The van der Waals surface area contributed by atoms with Crippen LogP contribution in [0.25, 0.3) is 0 Å². The SMILES string of the molecule is OCCCCNCC1Cc2cc(F)ccc2O1. The number of hydrogen-bond acceptors (Lipinski definition) is 3. The van der Waals surface area contributed by atoms with Crippen LogP contribution in [0.2, 0.25) is 0 Å². The number of nitrogens with one attached hydrogen (secondary N) is 1. The van der Waals surface area contributed by atoms with Gasteiger partial charge in [-0.25, -0.2) is 4.39 Å². The minimum atomic E-state index is -0.205. The topological polar surface area (TPSA) is 41.5 Å². The molecule has 0 amide bonds. The van der Waals surface area contributed by atoms with Gasteiger partial charge in [0.05, 0.1) is 0 Å². The predicted octanol–water partition coefficient (Wildman–Crippen LogP) is 1.49. The third kappa shape index (κ3) is 3.41. The van der Waals surface area contributed by atoms with Gasteiger partial charge in [-0.3, -0.25) is 0 Å². The maximum absolute atomic E-state index is 13.0. The van der Waals surface area contributed by atoms with E-state index in [0.29, 0.717) is 0 Å². The number of unbranched alkanes of at least 4 members (excludes halogenated alkanes) is 1. The second-order valence-electron chi connectivity index (χ2n) is 4.33. The minimum absolute atomic E-state index is 0.0981. The molecule has 1 unspecified atom stereocenters. The van der Waals surface area contributed by atoms with E-state index in [2.05, 4.69) is 5.32 Å². The smallest absolute Gasteiger partial charge is 0.123 e. The molecule has 1 aromatic rings. The average molecular weight is 239 g/mol. The first-order chi connectivity index (χ1) is 8.29. The molecule has 0 bridgehead atoms. The normalized spacial score (nSPS) is 17.9. The molecule has 0 spiro atoms. The lowest BCUT2D eigenvalue weighted by Crippen LogP contribution is -2.30. The van der Waals surface area contributed by atoms with Gasteiger partial charge in [0.2, 0.25) is 0 Å². The molecule has 2 N–H and O–H groups in total. The van der Waals surface area contributed by atoms with Crippen molar-refractivity contribution in [3.05, 3.63) is 29.6 Å². The van der Waals surface area contributed by atoms with Crippen molar-refractivity contribution in [2.24, 2.45) is 0 Å².